The minimum absolute atomic E-state index is 0.105. The maximum Gasteiger partial charge on any atom is 0.472 e. The highest BCUT2D eigenvalue weighted by Crippen LogP contribution is 2.45. The van der Waals surface area contributed by atoms with Crippen molar-refractivity contribution in [3.05, 3.63) is 0 Å². The van der Waals surface area contributed by atoms with Gasteiger partial charge >= 0.3 is 39.5 Å². The second kappa shape index (κ2) is 63.1. The normalized spacial score (nSPS) is 14.4. The van der Waals surface area contributed by atoms with E-state index in [1.54, 1.807) is 0 Å². The van der Waals surface area contributed by atoms with Gasteiger partial charge in [-0.25, -0.2) is 9.13 Å². The van der Waals surface area contributed by atoms with Crippen LogP contribution < -0.4 is 0 Å². The summed E-state index contributed by atoms with van der Waals surface area (Å²) in [4.78, 5) is 72.6. The van der Waals surface area contributed by atoms with E-state index < -0.39 is 97.5 Å². The maximum absolute atomic E-state index is 13.0. The second-order valence-corrected chi connectivity index (χ2v) is 29.3. The first-order valence-corrected chi connectivity index (χ1v) is 40.0. The second-order valence-electron chi connectivity index (χ2n) is 26.3. The summed E-state index contributed by atoms with van der Waals surface area (Å²) in [5.74, 6) is -0.596. The summed E-state index contributed by atoms with van der Waals surface area (Å²) >= 11 is 0. The first-order valence-electron chi connectivity index (χ1n) is 37.0. The molecule has 0 spiro atoms. The minimum Gasteiger partial charge on any atom is -0.462 e. The number of ether oxygens (including phenoxy) is 4. The van der Waals surface area contributed by atoms with Gasteiger partial charge in [0.1, 0.15) is 19.3 Å². The molecule has 3 unspecified atom stereocenters. The van der Waals surface area contributed by atoms with Crippen molar-refractivity contribution < 1.29 is 80.2 Å². The molecule has 0 aliphatic heterocycles. The van der Waals surface area contributed by atoms with E-state index in [9.17, 15) is 43.2 Å². The van der Waals surface area contributed by atoms with Gasteiger partial charge in [-0.1, -0.05) is 311 Å². The Kier molecular flexibility index (Phi) is 61.8. The smallest absolute Gasteiger partial charge is 0.462 e. The molecule has 0 heterocycles. The van der Waals surface area contributed by atoms with Crippen LogP contribution in [0.15, 0.2) is 0 Å². The lowest BCUT2D eigenvalue weighted by atomic mass is 9.99. The number of phosphoric acid groups is 2. The van der Waals surface area contributed by atoms with E-state index in [0.717, 1.165) is 102 Å². The molecule has 0 aromatic rings. The molecule has 0 aromatic carbocycles. The van der Waals surface area contributed by atoms with Gasteiger partial charge in [-0.3, -0.25) is 37.3 Å². The molecule has 3 N–H and O–H groups in total. The topological polar surface area (TPSA) is 237 Å². The number of aliphatic hydroxyl groups is 1. The van der Waals surface area contributed by atoms with Gasteiger partial charge in [0.05, 0.1) is 26.4 Å². The molecule has 0 rings (SSSR count). The molecule has 17 nitrogen and oxygen atoms in total. The number of hydrogen-bond donors (Lipinski definition) is 3. The van der Waals surface area contributed by atoms with Gasteiger partial charge in [0.2, 0.25) is 0 Å². The number of carbonyl (C=O) groups is 4. The van der Waals surface area contributed by atoms with Crippen LogP contribution in [-0.4, -0.2) is 96.7 Å². The van der Waals surface area contributed by atoms with Crippen molar-refractivity contribution in [2.45, 2.75) is 381 Å². The Hall–Kier alpha value is -1.94. The van der Waals surface area contributed by atoms with E-state index in [0.29, 0.717) is 25.7 Å². The number of aliphatic hydroxyl groups excluding tert-OH is 1. The SMILES string of the molecule is CCCCCCCCCCCCCCCCCCC(=O)O[C@H](COC(=O)CCCCCCCCCCCCC(C)C)COP(=O)(O)OC[C@@H](O)COP(=O)(O)OC[C@@H](COC(=O)CCCCCCCCCCC)OC(=O)CCCCCCCCCCC(C)CC. The summed E-state index contributed by atoms with van der Waals surface area (Å²) in [6.07, 6.45) is 48.5. The minimum atomic E-state index is -4.95. The van der Waals surface area contributed by atoms with Gasteiger partial charge in [-0.05, 0) is 37.5 Å². The van der Waals surface area contributed by atoms with E-state index in [-0.39, 0.29) is 25.7 Å². The molecule has 6 atom stereocenters. The third-order valence-electron chi connectivity index (χ3n) is 16.8. The number of rotatable bonds is 70. The Labute approximate surface area is 549 Å². The molecule has 0 radical (unpaired) electrons. The number of carbonyl (C=O) groups excluding carboxylic acids is 4. The van der Waals surface area contributed by atoms with Crippen molar-refractivity contribution in [3.8, 4) is 0 Å². The fourth-order valence-corrected chi connectivity index (χ4v) is 12.3. The number of unbranched alkanes of at least 4 members (excludes halogenated alkanes) is 39. The standard InChI is InChI=1S/C71H138O17P2/c1-7-10-12-14-16-18-19-20-21-22-23-24-30-37-43-49-55-70(75)87-66(60-82-69(74)54-48-42-36-29-26-25-28-33-39-45-51-63(4)5)61-85-89(77,78)83-57-65(72)58-84-90(79,80)86-62-67(59-81-68(73)53-47-41-35-27-17-15-13-11-8-2)88-71(76)56-50-44-38-32-31-34-40-46-52-64(6)9-3/h63-67,72H,7-62H2,1-6H3,(H,77,78)(H,79,80)/t64?,65-,66-,67-/m1/s1. The molecule has 0 fully saturated rings. The van der Waals surface area contributed by atoms with Crippen LogP contribution in [0.2, 0.25) is 0 Å². The van der Waals surface area contributed by atoms with Crippen molar-refractivity contribution in [1.82, 2.24) is 0 Å². The van der Waals surface area contributed by atoms with Gasteiger partial charge in [-0.2, -0.15) is 0 Å². The van der Waals surface area contributed by atoms with E-state index in [4.69, 9.17) is 37.0 Å². The average molecular weight is 1330 g/mol. The summed E-state index contributed by atoms with van der Waals surface area (Å²) in [5, 5.41) is 10.6. The Morgan fingerprint density at radius 3 is 0.844 bits per heavy atom. The van der Waals surface area contributed by atoms with E-state index >= 15 is 0 Å². The summed E-state index contributed by atoms with van der Waals surface area (Å²) in [5.41, 5.74) is 0. The Bertz CT molecular complexity index is 1750. The van der Waals surface area contributed by atoms with Gasteiger partial charge in [-0.15, -0.1) is 0 Å². The molecule has 0 aliphatic rings. The first kappa shape index (κ1) is 88.1. The molecule has 0 aliphatic carbocycles. The zero-order valence-electron chi connectivity index (χ0n) is 58.4. The van der Waals surface area contributed by atoms with Crippen molar-refractivity contribution in [2.24, 2.45) is 11.8 Å². The van der Waals surface area contributed by atoms with Gasteiger partial charge in [0, 0.05) is 25.7 Å². The van der Waals surface area contributed by atoms with E-state index in [1.165, 1.54) is 180 Å². The molecule has 19 heteroatoms. The Morgan fingerprint density at radius 2 is 0.567 bits per heavy atom. The lowest BCUT2D eigenvalue weighted by Crippen LogP contribution is -2.30. The monoisotopic (exact) mass is 1320 g/mol. The maximum atomic E-state index is 13.0. The highest BCUT2D eigenvalue weighted by molar-refractivity contribution is 7.47. The van der Waals surface area contributed by atoms with Crippen LogP contribution in [-0.2, 0) is 65.4 Å². The Balaban J connectivity index is 5.24. The fourth-order valence-electron chi connectivity index (χ4n) is 10.7. The molecule has 0 amide bonds. The van der Waals surface area contributed by atoms with Gasteiger partial charge < -0.3 is 33.8 Å². The van der Waals surface area contributed by atoms with Gasteiger partial charge in [0.25, 0.3) is 0 Å². The van der Waals surface area contributed by atoms with Crippen LogP contribution in [0.25, 0.3) is 0 Å². The predicted molar refractivity (Wildman–Crippen MR) is 363 cm³/mol. The third-order valence-corrected chi connectivity index (χ3v) is 18.7. The first-order chi connectivity index (χ1) is 43.4. The van der Waals surface area contributed by atoms with Crippen LogP contribution in [0.1, 0.15) is 363 Å². The number of esters is 4. The van der Waals surface area contributed by atoms with Crippen molar-refractivity contribution in [1.29, 1.82) is 0 Å². The number of phosphoric ester groups is 2. The highest BCUT2D eigenvalue weighted by Gasteiger charge is 2.30. The molecule has 0 saturated heterocycles. The summed E-state index contributed by atoms with van der Waals surface area (Å²) < 4.78 is 68.3. The summed E-state index contributed by atoms with van der Waals surface area (Å²) in [6.45, 7) is 9.54. The van der Waals surface area contributed by atoms with Crippen LogP contribution >= 0.6 is 15.6 Å². The third kappa shape index (κ3) is 63.5. The lowest BCUT2D eigenvalue weighted by molar-refractivity contribution is -0.161. The van der Waals surface area contributed by atoms with Crippen molar-refractivity contribution >= 4 is 39.5 Å². The van der Waals surface area contributed by atoms with Crippen molar-refractivity contribution in [3.63, 3.8) is 0 Å². The molecular weight excluding hydrogens is 1190 g/mol. The molecule has 534 valence electrons. The quantitative estimate of drug-likeness (QED) is 0.0222. The van der Waals surface area contributed by atoms with Crippen LogP contribution in [0, 0.1) is 11.8 Å². The van der Waals surface area contributed by atoms with Crippen molar-refractivity contribution in [2.75, 3.05) is 39.6 Å². The molecular formula is C71H138O17P2. The van der Waals surface area contributed by atoms with E-state index in [2.05, 4.69) is 41.5 Å². The van der Waals surface area contributed by atoms with Crippen LogP contribution in [0.4, 0.5) is 0 Å². The van der Waals surface area contributed by atoms with Crippen LogP contribution in [0.3, 0.4) is 0 Å². The fraction of sp³-hybridized carbons (Fsp3) is 0.944. The zero-order valence-corrected chi connectivity index (χ0v) is 60.2. The largest absolute Gasteiger partial charge is 0.472 e. The number of hydrogen-bond acceptors (Lipinski definition) is 15. The summed E-state index contributed by atoms with van der Waals surface area (Å²) in [7, 11) is -9.90. The van der Waals surface area contributed by atoms with E-state index in [1.807, 2.05) is 0 Å². The zero-order chi connectivity index (χ0) is 66.5. The molecule has 0 saturated carbocycles. The molecule has 0 bridgehead atoms. The van der Waals surface area contributed by atoms with Crippen LogP contribution in [0.5, 0.6) is 0 Å². The Morgan fingerprint density at radius 1 is 0.322 bits per heavy atom. The molecule has 0 aromatic heterocycles. The average Bonchev–Trinajstić information content (AvgIpc) is 3.69. The lowest BCUT2D eigenvalue weighted by Gasteiger charge is -2.21. The highest BCUT2D eigenvalue weighted by atomic mass is 31.2. The summed E-state index contributed by atoms with van der Waals surface area (Å²) in [6, 6.07) is 0. The van der Waals surface area contributed by atoms with Gasteiger partial charge in [0.15, 0.2) is 12.2 Å². The predicted octanol–water partition coefficient (Wildman–Crippen LogP) is 20.4. The molecule has 90 heavy (non-hydrogen) atoms.